The first kappa shape index (κ1) is 17.5. The van der Waals surface area contributed by atoms with Crippen molar-refractivity contribution in [1.82, 2.24) is 0 Å². The Morgan fingerprint density at radius 3 is 2.05 bits per heavy atom. The smallest absolute Gasteiger partial charge is 0.0431 e. The molecule has 2 rings (SSSR count). The maximum absolute atomic E-state index is 8.77. The molecule has 0 bridgehead atoms. The molecule has 1 aromatic carbocycles. The Labute approximate surface area is 136 Å². The van der Waals surface area contributed by atoms with Crippen LogP contribution in [0.25, 0.3) is 0 Å². The van der Waals surface area contributed by atoms with E-state index in [4.69, 9.17) is 10.8 Å². The first-order valence-corrected chi connectivity index (χ1v) is 9.20. The molecule has 1 aliphatic carbocycles. The van der Waals surface area contributed by atoms with Crippen LogP contribution in [0, 0.1) is 11.8 Å². The monoisotopic (exact) mass is 303 g/mol. The number of aliphatic hydroxyl groups excluding tert-OH is 1. The van der Waals surface area contributed by atoms with E-state index >= 15 is 0 Å². The van der Waals surface area contributed by atoms with Gasteiger partial charge in [-0.25, -0.2) is 0 Å². The Morgan fingerprint density at radius 2 is 1.41 bits per heavy atom. The molecule has 1 aliphatic rings. The minimum Gasteiger partial charge on any atom is -0.396 e. The topological polar surface area (TPSA) is 46.2 Å². The molecule has 0 spiro atoms. The number of nitrogens with two attached hydrogens (primary N) is 1. The summed E-state index contributed by atoms with van der Waals surface area (Å²) >= 11 is 0. The summed E-state index contributed by atoms with van der Waals surface area (Å²) in [7, 11) is 0. The Kier molecular flexibility index (Phi) is 7.96. The van der Waals surface area contributed by atoms with Gasteiger partial charge in [0.25, 0.3) is 0 Å². The van der Waals surface area contributed by atoms with Gasteiger partial charge in [-0.2, -0.15) is 0 Å². The molecule has 1 fully saturated rings. The van der Waals surface area contributed by atoms with Gasteiger partial charge in [-0.1, -0.05) is 37.1 Å². The summed E-state index contributed by atoms with van der Waals surface area (Å²) in [5, 5.41) is 8.77. The Hall–Kier alpha value is -0.860. The van der Waals surface area contributed by atoms with E-state index < -0.39 is 0 Å². The van der Waals surface area contributed by atoms with Crippen LogP contribution in [-0.2, 0) is 12.8 Å². The zero-order valence-electron chi connectivity index (χ0n) is 14.0. The van der Waals surface area contributed by atoms with Gasteiger partial charge in [0.05, 0.1) is 0 Å². The van der Waals surface area contributed by atoms with E-state index in [2.05, 4.69) is 24.3 Å². The molecule has 1 aromatic rings. The van der Waals surface area contributed by atoms with Crippen LogP contribution in [0.5, 0.6) is 0 Å². The molecule has 124 valence electrons. The lowest BCUT2D eigenvalue weighted by atomic mass is 9.79. The molecule has 0 saturated heterocycles. The Morgan fingerprint density at radius 1 is 0.818 bits per heavy atom. The molecule has 0 amide bonds. The summed E-state index contributed by atoms with van der Waals surface area (Å²) in [6.45, 7) is 1.21. The van der Waals surface area contributed by atoms with E-state index in [1.165, 1.54) is 62.5 Å². The predicted molar refractivity (Wildman–Crippen MR) is 93.9 cm³/mol. The Bertz CT molecular complexity index is 393. The lowest BCUT2D eigenvalue weighted by Crippen LogP contribution is -2.22. The van der Waals surface area contributed by atoms with Gasteiger partial charge in [-0.3, -0.25) is 0 Å². The van der Waals surface area contributed by atoms with Crippen molar-refractivity contribution in [2.45, 2.75) is 64.2 Å². The number of aryl methyl sites for hydroxylation is 1. The number of unbranched alkanes of at least 4 members (excludes halogenated alkanes) is 3. The maximum Gasteiger partial charge on any atom is 0.0431 e. The van der Waals surface area contributed by atoms with E-state index in [1.807, 2.05) is 0 Å². The third-order valence-corrected chi connectivity index (χ3v) is 5.22. The van der Waals surface area contributed by atoms with Crippen molar-refractivity contribution in [3.63, 3.8) is 0 Å². The average molecular weight is 303 g/mol. The lowest BCUT2D eigenvalue weighted by molar-refractivity contribution is 0.278. The van der Waals surface area contributed by atoms with Crippen molar-refractivity contribution >= 4 is 0 Å². The highest BCUT2D eigenvalue weighted by Gasteiger charge is 2.20. The standard InChI is InChI=1S/C20H33NO/c21-16-20-12-10-19(11-13-20)15-18-8-6-17(7-9-18)5-3-1-2-4-14-22/h6-9,19-20,22H,1-5,10-16,21H2. The highest BCUT2D eigenvalue weighted by molar-refractivity contribution is 5.23. The van der Waals surface area contributed by atoms with Gasteiger partial charge in [0.2, 0.25) is 0 Å². The zero-order chi connectivity index (χ0) is 15.6. The fraction of sp³-hybridized carbons (Fsp3) is 0.700. The molecule has 0 heterocycles. The summed E-state index contributed by atoms with van der Waals surface area (Å²) in [5.41, 5.74) is 8.73. The van der Waals surface area contributed by atoms with E-state index in [0.717, 1.165) is 31.2 Å². The lowest BCUT2D eigenvalue weighted by Gasteiger charge is -2.27. The SMILES string of the molecule is NCC1CCC(Cc2ccc(CCCCCCO)cc2)CC1. The van der Waals surface area contributed by atoms with Gasteiger partial charge in [-0.05, 0) is 80.9 Å². The van der Waals surface area contributed by atoms with Crippen LogP contribution >= 0.6 is 0 Å². The van der Waals surface area contributed by atoms with Gasteiger partial charge in [0.15, 0.2) is 0 Å². The molecule has 22 heavy (non-hydrogen) atoms. The highest BCUT2D eigenvalue weighted by Crippen LogP contribution is 2.30. The summed E-state index contributed by atoms with van der Waals surface area (Å²) in [6.07, 6.45) is 12.4. The largest absolute Gasteiger partial charge is 0.396 e. The van der Waals surface area contributed by atoms with E-state index in [0.29, 0.717) is 6.61 Å². The van der Waals surface area contributed by atoms with E-state index in [1.54, 1.807) is 0 Å². The van der Waals surface area contributed by atoms with Gasteiger partial charge in [0, 0.05) is 6.61 Å². The predicted octanol–water partition coefficient (Wildman–Crippen LogP) is 4.09. The van der Waals surface area contributed by atoms with Gasteiger partial charge in [0.1, 0.15) is 0 Å². The minimum atomic E-state index is 0.335. The summed E-state index contributed by atoms with van der Waals surface area (Å²) in [5.74, 6) is 1.65. The molecule has 0 aliphatic heterocycles. The fourth-order valence-electron chi connectivity index (χ4n) is 3.64. The molecule has 0 aromatic heterocycles. The van der Waals surface area contributed by atoms with Crippen molar-refractivity contribution < 1.29 is 5.11 Å². The van der Waals surface area contributed by atoms with Gasteiger partial charge >= 0.3 is 0 Å². The highest BCUT2D eigenvalue weighted by atomic mass is 16.2. The van der Waals surface area contributed by atoms with Crippen LogP contribution in [-0.4, -0.2) is 18.3 Å². The Balaban J connectivity index is 1.68. The third kappa shape index (κ3) is 6.10. The number of hydrogen-bond acceptors (Lipinski definition) is 2. The molecule has 0 radical (unpaired) electrons. The molecular formula is C20H33NO. The second-order valence-corrected chi connectivity index (χ2v) is 7.03. The number of benzene rings is 1. The third-order valence-electron chi connectivity index (χ3n) is 5.22. The van der Waals surface area contributed by atoms with Crippen LogP contribution in [0.1, 0.15) is 62.5 Å². The van der Waals surface area contributed by atoms with E-state index in [9.17, 15) is 0 Å². The molecule has 1 saturated carbocycles. The van der Waals surface area contributed by atoms with Gasteiger partial charge < -0.3 is 10.8 Å². The number of rotatable bonds is 9. The molecule has 3 N–H and O–H groups in total. The van der Waals surface area contributed by atoms with Crippen LogP contribution in [0.4, 0.5) is 0 Å². The maximum atomic E-state index is 8.77. The van der Waals surface area contributed by atoms with Crippen molar-refractivity contribution in [3.8, 4) is 0 Å². The van der Waals surface area contributed by atoms with E-state index in [-0.39, 0.29) is 0 Å². The average Bonchev–Trinajstić information content (AvgIpc) is 2.57. The normalized spacial score (nSPS) is 21.9. The second kappa shape index (κ2) is 10.0. The quantitative estimate of drug-likeness (QED) is 0.675. The second-order valence-electron chi connectivity index (χ2n) is 7.03. The zero-order valence-corrected chi connectivity index (χ0v) is 14.0. The molecule has 0 atom stereocenters. The van der Waals surface area contributed by atoms with Crippen LogP contribution in [0.15, 0.2) is 24.3 Å². The fourth-order valence-corrected chi connectivity index (χ4v) is 3.64. The minimum absolute atomic E-state index is 0.335. The summed E-state index contributed by atoms with van der Waals surface area (Å²) in [4.78, 5) is 0. The van der Waals surface area contributed by atoms with Crippen molar-refractivity contribution in [1.29, 1.82) is 0 Å². The van der Waals surface area contributed by atoms with Crippen LogP contribution in [0.2, 0.25) is 0 Å². The molecule has 0 unspecified atom stereocenters. The first-order valence-electron chi connectivity index (χ1n) is 9.20. The molecular weight excluding hydrogens is 270 g/mol. The van der Waals surface area contributed by atoms with Crippen molar-refractivity contribution in [2.24, 2.45) is 17.6 Å². The number of aliphatic hydroxyl groups is 1. The molecule has 2 nitrogen and oxygen atoms in total. The summed E-state index contributed by atoms with van der Waals surface area (Å²) < 4.78 is 0. The van der Waals surface area contributed by atoms with Crippen LogP contribution in [0.3, 0.4) is 0 Å². The van der Waals surface area contributed by atoms with Gasteiger partial charge in [-0.15, -0.1) is 0 Å². The van der Waals surface area contributed by atoms with Crippen molar-refractivity contribution in [2.75, 3.05) is 13.2 Å². The summed E-state index contributed by atoms with van der Waals surface area (Å²) in [6, 6.07) is 9.29. The van der Waals surface area contributed by atoms with Crippen molar-refractivity contribution in [3.05, 3.63) is 35.4 Å². The number of hydrogen-bond donors (Lipinski definition) is 2. The molecule has 2 heteroatoms. The first-order chi connectivity index (χ1) is 10.8. The van der Waals surface area contributed by atoms with Crippen LogP contribution < -0.4 is 5.73 Å².